The van der Waals surface area contributed by atoms with E-state index in [0.29, 0.717) is 24.0 Å². The van der Waals surface area contributed by atoms with E-state index in [2.05, 4.69) is 27.3 Å². The van der Waals surface area contributed by atoms with Gasteiger partial charge in [-0.2, -0.15) is 0 Å². The van der Waals surface area contributed by atoms with Crippen LogP contribution in [0.3, 0.4) is 0 Å². The summed E-state index contributed by atoms with van der Waals surface area (Å²) in [5.41, 5.74) is 2.88. The minimum Gasteiger partial charge on any atom is -0.465 e. The van der Waals surface area contributed by atoms with E-state index >= 15 is 0 Å². The third-order valence-corrected chi connectivity index (χ3v) is 5.74. The minimum atomic E-state index is -0.243. The van der Waals surface area contributed by atoms with E-state index in [1.165, 1.54) is 11.8 Å². The van der Waals surface area contributed by atoms with Gasteiger partial charge in [-0.15, -0.1) is 10.2 Å². The molecule has 1 aliphatic heterocycles. The highest BCUT2D eigenvalue weighted by molar-refractivity contribution is 8.00. The highest BCUT2D eigenvalue weighted by Gasteiger charge is 2.30. The summed E-state index contributed by atoms with van der Waals surface area (Å²) in [7, 11) is 0. The number of cyclic esters (lactones) is 1. The maximum atomic E-state index is 11.9. The summed E-state index contributed by atoms with van der Waals surface area (Å²) in [5.74, 6) is 0.529. The average molecular weight is 376 g/mol. The molecule has 1 N–H and O–H groups in total. The fourth-order valence-electron chi connectivity index (χ4n) is 3.24. The van der Waals surface area contributed by atoms with E-state index < -0.39 is 0 Å². The lowest BCUT2D eigenvalue weighted by molar-refractivity contribution is -0.137. The molecule has 0 saturated carbocycles. The molecule has 2 aromatic carbocycles. The second-order valence-corrected chi connectivity index (χ2v) is 7.48. The second-order valence-electron chi connectivity index (χ2n) is 6.31. The minimum absolute atomic E-state index is 0.185. The summed E-state index contributed by atoms with van der Waals surface area (Å²) in [6.45, 7) is 0.463. The third-order valence-electron chi connectivity index (χ3n) is 4.55. The van der Waals surface area contributed by atoms with Crippen LogP contribution in [0, 0.1) is 0 Å². The number of esters is 1. The average Bonchev–Trinajstić information content (AvgIpc) is 3.41. The third kappa shape index (κ3) is 2.90. The Bertz CT molecular complexity index is 1090. The van der Waals surface area contributed by atoms with Crippen LogP contribution in [0.5, 0.6) is 0 Å². The number of ether oxygens (including phenoxy) is 1. The number of carbonyl (C=O) groups excluding carboxylic acids is 1. The number of hydrogen-bond donors (Lipinski definition) is 1. The highest BCUT2D eigenvalue weighted by atomic mass is 32.2. The molecular weight excluding hydrogens is 360 g/mol. The lowest BCUT2D eigenvalue weighted by Crippen LogP contribution is -2.11. The van der Waals surface area contributed by atoms with Gasteiger partial charge in [0.05, 0.1) is 12.3 Å². The highest BCUT2D eigenvalue weighted by Crippen LogP contribution is 2.33. The Morgan fingerprint density at radius 1 is 1.07 bits per heavy atom. The van der Waals surface area contributed by atoms with E-state index in [1.54, 1.807) is 0 Å². The summed E-state index contributed by atoms with van der Waals surface area (Å²) in [4.78, 5) is 15.3. The fourth-order valence-corrected chi connectivity index (χ4v) is 4.25. The predicted molar refractivity (Wildman–Crippen MR) is 104 cm³/mol. The van der Waals surface area contributed by atoms with Crippen LogP contribution in [-0.2, 0) is 9.53 Å². The quantitative estimate of drug-likeness (QED) is 0.548. The summed E-state index contributed by atoms with van der Waals surface area (Å²) < 4.78 is 7.08. The maximum absolute atomic E-state index is 11.9. The Kier molecular flexibility index (Phi) is 3.94. The van der Waals surface area contributed by atoms with Crippen molar-refractivity contribution in [2.75, 3.05) is 6.61 Å². The molecule has 5 rings (SSSR count). The van der Waals surface area contributed by atoms with Gasteiger partial charge in [0.2, 0.25) is 0 Å². The van der Waals surface area contributed by atoms with Gasteiger partial charge in [-0.1, -0.05) is 48.2 Å². The van der Waals surface area contributed by atoms with Gasteiger partial charge in [0.25, 0.3) is 0 Å². The standard InChI is InChI=1S/C20H16N4O2S/c25-19-17(10-11-26-19)27-20-23-22-18(24(20)14-7-2-1-3-8-14)16-12-13-6-4-5-9-15(13)21-16/h1-9,12,17,21H,10-11H2/t17-/m0/s1. The molecule has 0 amide bonds. The number of rotatable bonds is 4. The molecule has 6 nitrogen and oxygen atoms in total. The summed E-state index contributed by atoms with van der Waals surface area (Å²) in [6.07, 6.45) is 0.687. The van der Waals surface area contributed by atoms with Crippen molar-refractivity contribution >= 4 is 28.6 Å². The smallest absolute Gasteiger partial charge is 0.319 e. The number of thioether (sulfide) groups is 1. The first-order valence-electron chi connectivity index (χ1n) is 8.72. The van der Waals surface area contributed by atoms with E-state index in [9.17, 15) is 4.79 Å². The Hall–Kier alpha value is -3.06. The van der Waals surface area contributed by atoms with Crippen molar-refractivity contribution in [2.24, 2.45) is 0 Å². The summed E-state index contributed by atoms with van der Waals surface area (Å²) in [5, 5.41) is 10.4. The molecule has 7 heteroatoms. The summed E-state index contributed by atoms with van der Waals surface area (Å²) >= 11 is 1.40. The van der Waals surface area contributed by atoms with Crippen molar-refractivity contribution in [1.82, 2.24) is 19.7 Å². The molecule has 1 atom stereocenters. The van der Waals surface area contributed by atoms with Gasteiger partial charge in [-0.25, -0.2) is 0 Å². The molecule has 27 heavy (non-hydrogen) atoms. The lowest BCUT2D eigenvalue weighted by Gasteiger charge is -2.10. The number of hydrogen-bond acceptors (Lipinski definition) is 5. The van der Waals surface area contributed by atoms with Crippen molar-refractivity contribution in [2.45, 2.75) is 16.8 Å². The van der Waals surface area contributed by atoms with E-state index in [0.717, 1.165) is 22.3 Å². The zero-order chi connectivity index (χ0) is 18.2. The Morgan fingerprint density at radius 2 is 1.89 bits per heavy atom. The van der Waals surface area contributed by atoms with Gasteiger partial charge in [0.15, 0.2) is 11.0 Å². The zero-order valence-electron chi connectivity index (χ0n) is 14.3. The molecule has 0 spiro atoms. The molecule has 1 fully saturated rings. The Labute approximate surface area is 159 Å². The number of carbonyl (C=O) groups is 1. The van der Waals surface area contributed by atoms with Crippen LogP contribution < -0.4 is 0 Å². The molecule has 0 radical (unpaired) electrons. The first-order chi connectivity index (χ1) is 13.3. The first-order valence-corrected chi connectivity index (χ1v) is 9.60. The van der Waals surface area contributed by atoms with Crippen LogP contribution >= 0.6 is 11.8 Å². The van der Waals surface area contributed by atoms with Crippen LogP contribution in [-0.4, -0.2) is 37.6 Å². The van der Waals surface area contributed by atoms with Gasteiger partial charge in [-0.3, -0.25) is 9.36 Å². The van der Waals surface area contributed by atoms with Crippen LogP contribution in [0.1, 0.15) is 6.42 Å². The van der Waals surface area contributed by atoms with Crippen LogP contribution in [0.2, 0.25) is 0 Å². The topological polar surface area (TPSA) is 72.8 Å². The lowest BCUT2D eigenvalue weighted by atomic mass is 10.2. The maximum Gasteiger partial charge on any atom is 0.319 e. The number of para-hydroxylation sites is 2. The monoisotopic (exact) mass is 376 g/mol. The predicted octanol–water partition coefficient (Wildman–Crippen LogP) is 3.82. The molecule has 0 aliphatic carbocycles. The largest absolute Gasteiger partial charge is 0.465 e. The molecule has 0 unspecified atom stereocenters. The van der Waals surface area contributed by atoms with Gasteiger partial charge in [0.1, 0.15) is 5.25 Å². The first kappa shape index (κ1) is 16.1. The number of H-pyrrole nitrogens is 1. The second kappa shape index (κ2) is 6.59. The molecule has 134 valence electrons. The van der Waals surface area contributed by atoms with Gasteiger partial charge < -0.3 is 9.72 Å². The number of aromatic amines is 1. The van der Waals surface area contributed by atoms with Gasteiger partial charge in [-0.05, 0) is 24.3 Å². The van der Waals surface area contributed by atoms with Crippen molar-refractivity contribution in [3.63, 3.8) is 0 Å². The SMILES string of the molecule is O=C1OCC[C@@H]1Sc1nnc(-c2cc3ccccc3[nH]2)n1-c1ccccc1. The fraction of sp³-hybridized carbons (Fsp3) is 0.150. The number of aromatic nitrogens is 4. The molecule has 4 aromatic rings. The van der Waals surface area contributed by atoms with E-state index in [1.807, 2.05) is 53.1 Å². The van der Waals surface area contributed by atoms with Crippen LogP contribution in [0.25, 0.3) is 28.1 Å². The molecular formula is C20H16N4O2S. The molecule has 0 bridgehead atoms. The van der Waals surface area contributed by atoms with Gasteiger partial charge >= 0.3 is 5.97 Å². The number of fused-ring (bicyclic) bond motifs is 1. The Morgan fingerprint density at radius 3 is 2.67 bits per heavy atom. The van der Waals surface area contributed by atoms with Crippen molar-refractivity contribution in [3.05, 3.63) is 60.7 Å². The van der Waals surface area contributed by atoms with Crippen molar-refractivity contribution in [1.29, 1.82) is 0 Å². The molecule has 2 aromatic heterocycles. The van der Waals surface area contributed by atoms with Crippen LogP contribution in [0.4, 0.5) is 0 Å². The van der Waals surface area contributed by atoms with Crippen LogP contribution in [0.15, 0.2) is 65.8 Å². The zero-order valence-corrected chi connectivity index (χ0v) is 15.1. The number of nitrogens with one attached hydrogen (secondary N) is 1. The normalized spacial score (nSPS) is 16.7. The number of benzene rings is 2. The number of nitrogens with zero attached hydrogens (tertiary/aromatic N) is 3. The van der Waals surface area contributed by atoms with Crippen molar-refractivity contribution < 1.29 is 9.53 Å². The van der Waals surface area contributed by atoms with Gasteiger partial charge in [0, 0.05) is 23.0 Å². The van der Waals surface area contributed by atoms with Crippen molar-refractivity contribution in [3.8, 4) is 17.2 Å². The molecule has 1 aliphatic rings. The summed E-state index contributed by atoms with van der Waals surface area (Å²) in [6, 6.07) is 20.1. The Balaban J connectivity index is 1.63. The van der Waals surface area contributed by atoms with E-state index in [-0.39, 0.29) is 11.2 Å². The molecule has 1 saturated heterocycles. The molecule has 3 heterocycles. The van der Waals surface area contributed by atoms with E-state index in [4.69, 9.17) is 4.74 Å².